The summed E-state index contributed by atoms with van der Waals surface area (Å²) in [5.74, 6) is -1.83. The lowest BCUT2D eigenvalue weighted by atomic mass is 10.2. The fourth-order valence-corrected chi connectivity index (χ4v) is 17.0. The first kappa shape index (κ1) is 33.7. The molecule has 2 aliphatic heterocycles. The Kier molecular flexibility index (Phi) is 10.6. The van der Waals surface area contributed by atoms with Crippen molar-refractivity contribution >= 4 is 28.8 Å². The molecule has 0 bridgehead atoms. The standard InChI is InChI=1S/C26H45F3N4O6Si2/c1-15(2)40(16(3)4)36-14-21-20(38-41(39-40,17(5)6)18(7)8)13-23(37-21)33-19(9)12-22(32-25(33)35)30-10-11-31-24(34)26(27,28)29/h12,15-18,20-21,23H,10-11,13-14H2,1-9H3,(H,31,34)(H,30,32,35)/t20-,21+,23+/m0/s1. The van der Waals surface area contributed by atoms with Crippen molar-refractivity contribution in [3.63, 3.8) is 0 Å². The van der Waals surface area contributed by atoms with E-state index in [1.165, 1.54) is 4.57 Å². The minimum Gasteiger partial charge on any atom is -0.414 e. The van der Waals surface area contributed by atoms with E-state index in [1.54, 1.807) is 18.3 Å². The lowest BCUT2D eigenvalue weighted by Gasteiger charge is -2.51. The van der Waals surface area contributed by atoms with E-state index in [0.717, 1.165) is 0 Å². The largest absolute Gasteiger partial charge is 0.471 e. The predicted octanol–water partition coefficient (Wildman–Crippen LogP) is 4.89. The van der Waals surface area contributed by atoms with E-state index < -0.39 is 41.1 Å². The van der Waals surface area contributed by atoms with Crippen LogP contribution in [0.1, 0.15) is 73.7 Å². The van der Waals surface area contributed by atoms with Crippen LogP contribution in [0.5, 0.6) is 0 Å². The maximum absolute atomic E-state index is 13.1. The highest BCUT2D eigenvalue weighted by Crippen LogP contribution is 2.48. The molecule has 2 N–H and O–H groups in total. The molecule has 41 heavy (non-hydrogen) atoms. The van der Waals surface area contributed by atoms with Gasteiger partial charge >= 0.3 is 34.9 Å². The molecule has 0 saturated carbocycles. The van der Waals surface area contributed by atoms with Crippen molar-refractivity contribution in [1.29, 1.82) is 0 Å². The second-order valence-corrected chi connectivity index (χ2v) is 21.0. The predicted molar refractivity (Wildman–Crippen MR) is 153 cm³/mol. The average molecular weight is 623 g/mol. The van der Waals surface area contributed by atoms with E-state index >= 15 is 0 Å². The molecule has 0 aromatic carbocycles. The van der Waals surface area contributed by atoms with Crippen molar-refractivity contribution < 1.29 is 35.7 Å². The first-order valence-electron chi connectivity index (χ1n) is 14.3. The third-order valence-corrected chi connectivity index (χ3v) is 18.2. The summed E-state index contributed by atoms with van der Waals surface area (Å²) in [6.45, 7) is 18.9. The van der Waals surface area contributed by atoms with Crippen LogP contribution in [0.25, 0.3) is 0 Å². The molecule has 10 nitrogen and oxygen atoms in total. The molecule has 0 aliphatic carbocycles. The number of halogens is 3. The first-order chi connectivity index (χ1) is 18.9. The number of anilines is 1. The van der Waals surface area contributed by atoms with Gasteiger partial charge in [0.1, 0.15) is 18.1 Å². The zero-order chi connectivity index (χ0) is 30.9. The zero-order valence-corrected chi connectivity index (χ0v) is 27.4. The number of ether oxygens (including phenoxy) is 1. The number of hydrogen-bond acceptors (Lipinski definition) is 8. The molecule has 234 valence electrons. The number of nitrogens with zero attached hydrogens (tertiary/aromatic N) is 2. The lowest BCUT2D eigenvalue weighted by Crippen LogP contribution is -2.65. The number of nitrogens with one attached hydrogen (secondary N) is 2. The van der Waals surface area contributed by atoms with Gasteiger partial charge in [0, 0.05) is 31.3 Å². The maximum Gasteiger partial charge on any atom is 0.471 e. The third kappa shape index (κ3) is 7.07. The summed E-state index contributed by atoms with van der Waals surface area (Å²) in [6, 6.07) is 1.62. The Morgan fingerprint density at radius 2 is 1.61 bits per heavy atom. The van der Waals surface area contributed by atoms with Crippen LogP contribution < -0.4 is 16.3 Å². The van der Waals surface area contributed by atoms with Crippen LogP contribution in [0.2, 0.25) is 22.2 Å². The molecule has 1 amide bonds. The van der Waals surface area contributed by atoms with E-state index in [9.17, 15) is 22.8 Å². The summed E-state index contributed by atoms with van der Waals surface area (Å²) in [5.41, 5.74) is 0.705. The second-order valence-electron chi connectivity index (χ2n) is 12.1. The molecule has 15 heteroatoms. The number of hydrogen-bond donors (Lipinski definition) is 2. The molecule has 1 aromatic rings. The van der Waals surface area contributed by atoms with Crippen molar-refractivity contribution in [2.75, 3.05) is 25.0 Å². The molecule has 1 aromatic heterocycles. The second kappa shape index (κ2) is 12.8. The molecule has 3 atom stereocenters. The number of fused-ring (bicyclic) bond motifs is 1. The number of rotatable bonds is 9. The number of aromatic nitrogens is 2. The van der Waals surface area contributed by atoms with Crippen molar-refractivity contribution in [1.82, 2.24) is 14.9 Å². The van der Waals surface area contributed by atoms with Crippen molar-refractivity contribution in [3.05, 3.63) is 22.2 Å². The van der Waals surface area contributed by atoms with Gasteiger partial charge in [0.15, 0.2) is 0 Å². The van der Waals surface area contributed by atoms with Crippen molar-refractivity contribution in [3.8, 4) is 0 Å². The Morgan fingerprint density at radius 3 is 2.12 bits per heavy atom. The van der Waals surface area contributed by atoms with Crippen LogP contribution in [-0.2, 0) is 22.5 Å². The number of amides is 1. The number of carbonyl (C=O) groups excluding carboxylic acids is 1. The average Bonchev–Trinajstić information content (AvgIpc) is 3.21. The summed E-state index contributed by atoms with van der Waals surface area (Å²) in [7, 11) is -5.55. The van der Waals surface area contributed by atoms with Crippen molar-refractivity contribution in [2.45, 2.75) is 116 Å². The highest BCUT2D eigenvalue weighted by atomic mass is 28.5. The monoisotopic (exact) mass is 622 g/mol. The minimum atomic E-state index is -4.95. The fraction of sp³-hybridized carbons (Fsp3) is 0.808. The van der Waals surface area contributed by atoms with Crippen LogP contribution in [0.4, 0.5) is 19.0 Å². The van der Waals surface area contributed by atoms with E-state index in [2.05, 4.69) is 65.7 Å². The molecule has 0 unspecified atom stereocenters. The summed E-state index contributed by atoms with van der Waals surface area (Å²) >= 11 is 0. The number of aryl methyl sites for hydroxylation is 1. The molecule has 3 rings (SSSR count). The zero-order valence-electron chi connectivity index (χ0n) is 25.4. The molecule has 0 radical (unpaired) electrons. The van der Waals surface area contributed by atoms with E-state index in [1.807, 2.05) is 0 Å². The Labute approximate surface area is 242 Å². The Bertz CT molecular complexity index is 1120. The van der Waals surface area contributed by atoms with Crippen LogP contribution >= 0.6 is 0 Å². The topological polar surface area (TPSA) is 113 Å². The summed E-state index contributed by atoms with van der Waals surface area (Å²) in [4.78, 5) is 28.1. The van der Waals surface area contributed by atoms with Gasteiger partial charge in [-0.15, -0.1) is 0 Å². The Hall–Kier alpha value is -1.79. The third-order valence-electron chi connectivity index (χ3n) is 7.94. The molecular formula is C26H45F3N4O6Si2. The van der Waals surface area contributed by atoms with Crippen LogP contribution in [0.3, 0.4) is 0 Å². The van der Waals surface area contributed by atoms with Gasteiger partial charge in [0.2, 0.25) is 0 Å². The highest BCUT2D eigenvalue weighted by molar-refractivity contribution is 6.83. The number of carbonyl (C=O) groups is 1. The first-order valence-corrected chi connectivity index (χ1v) is 18.2. The molecule has 3 heterocycles. The van der Waals surface area contributed by atoms with Gasteiger partial charge in [-0.2, -0.15) is 18.2 Å². The Morgan fingerprint density at radius 1 is 1.02 bits per heavy atom. The number of alkyl halides is 3. The van der Waals surface area contributed by atoms with E-state index in [4.69, 9.17) is 17.7 Å². The SMILES string of the molecule is Cc1cc(NCCNC(=O)C(F)(F)F)nc(=O)n1[C@H]1C[C@@H]2O[Si](C(C)C)(C(C)C)O[Si](C(C)C)(C(C)C)OC[C@H]2O1. The summed E-state index contributed by atoms with van der Waals surface area (Å²) in [6.07, 6.45) is -5.88. The smallest absolute Gasteiger partial charge is 0.414 e. The molecular weight excluding hydrogens is 577 g/mol. The lowest BCUT2D eigenvalue weighted by molar-refractivity contribution is -0.173. The summed E-state index contributed by atoms with van der Waals surface area (Å²) in [5, 5.41) is 4.56. The minimum absolute atomic E-state index is 0.0403. The molecule has 2 saturated heterocycles. The van der Waals surface area contributed by atoms with Crippen LogP contribution in [-0.4, -0.2) is 70.7 Å². The molecule has 0 spiro atoms. The Balaban J connectivity index is 1.83. The summed E-state index contributed by atoms with van der Waals surface area (Å²) < 4.78 is 66.0. The van der Waals surface area contributed by atoms with Gasteiger partial charge < -0.3 is 28.3 Å². The quantitative estimate of drug-likeness (QED) is 0.296. The van der Waals surface area contributed by atoms with E-state index in [-0.39, 0.29) is 53.3 Å². The fourth-order valence-electron chi connectivity index (χ4n) is 5.81. The van der Waals surface area contributed by atoms with Gasteiger partial charge in [-0.3, -0.25) is 9.36 Å². The van der Waals surface area contributed by atoms with Gasteiger partial charge in [-0.25, -0.2) is 4.79 Å². The van der Waals surface area contributed by atoms with Gasteiger partial charge in [-0.1, -0.05) is 55.4 Å². The highest BCUT2D eigenvalue weighted by Gasteiger charge is 2.60. The molecule has 2 aliphatic rings. The van der Waals surface area contributed by atoms with Crippen LogP contribution in [0, 0.1) is 6.92 Å². The van der Waals surface area contributed by atoms with Gasteiger partial charge in [-0.05, 0) is 29.1 Å². The van der Waals surface area contributed by atoms with Gasteiger partial charge in [0.05, 0.1) is 12.7 Å². The molecule has 2 fully saturated rings. The normalized spacial score (nSPS) is 24.4. The van der Waals surface area contributed by atoms with Crippen LogP contribution in [0.15, 0.2) is 10.9 Å². The van der Waals surface area contributed by atoms with Gasteiger partial charge in [0.25, 0.3) is 0 Å². The van der Waals surface area contributed by atoms with Crippen molar-refractivity contribution in [2.24, 2.45) is 0 Å². The van der Waals surface area contributed by atoms with E-state index in [0.29, 0.717) is 18.7 Å². The maximum atomic E-state index is 13.1.